The zero-order chi connectivity index (χ0) is 22.6. The molecule has 2 rings (SSSR count). The van der Waals surface area contributed by atoms with Crippen molar-refractivity contribution >= 4 is 29.9 Å². The lowest BCUT2D eigenvalue weighted by Crippen LogP contribution is -2.43. The first-order chi connectivity index (χ1) is 15.0. The van der Waals surface area contributed by atoms with E-state index in [0.717, 1.165) is 48.2 Å². The van der Waals surface area contributed by atoms with E-state index >= 15 is 0 Å². The molecule has 0 amide bonds. The van der Waals surface area contributed by atoms with E-state index in [2.05, 4.69) is 59.2 Å². The predicted octanol–water partition coefficient (Wildman–Crippen LogP) is 4.35. The molecular formula is C23H39IN6O2. The number of nitrogens with one attached hydrogen (secondary N) is 2. The summed E-state index contributed by atoms with van der Waals surface area (Å²) in [6, 6.07) is 6.44. The van der Waals surface area contributed by atoms with E-state index in [1.807, 2.05) is 26.0 Å². The van der Waals surface area contributed by atoms with Crippen LogP contribution in [0.2, 0.25) is 0 Å². The number of aryl methyl sites for hydroxylation is 1. The molecule has 1 aromatic heterocycles. The van der Waals surface area contributed by atoms with Crippen LogP contribution >= 0.6 is 24.0 Å². The third kappa shape index (κ3) is 8.48. The average Bonchev–Trinajstić information content (AvgIpc) is 3.22. The van der Waals surface area contributed by atoms with Gasteiger partial charge in [0.15, 0.2) is 17.5 Å². The standard InChI is InChI=1S/C23H38N6O2.HI/c1-7-17(5)26-23(24-13-14-29-16-25-28-22(29)8-2)27-18(6)19-11-12-20(30-9-3)21(15-19)31-10-4;/h11-12,15-18H,7-10,13-14H2,1-6H3,(H2,24,26,27);1H. The molecule has 0 saturated carbocycles. The van der Waals surface area contributed by atoms with Crippen LogP contribution in [-0.4, -0.2) is 46.5 Å². The lowest BCUT2D eigenvalue weighted by molar-refractivity contribution is 0.287. The van der Waals surface area contributed by atoms with Crippen molar-refractivity contribution in [3.8, 4) is 11.5 Å². The van der Waals surface area contributed by atoms with Gasteiger partial charge in [-0.25, -0.2) is 0 Å². The average molecular weight is 559 g/mol. The number of hydrogen-bond donors (Lipinski definition) is 2. The van der Waals surface area contributed by atoms with Crippen LogP contribution in [0, 0.1) is 0 Å². The predicted molar refractivity (Wildman–Crippen MR) is 140 cm³/mol. The van der Waals surface area contributed by atoms with E-state index in [-0.39, 0.29) is 30.0 Å². The molecule has 0 aliphatic rings. The van der Waals surface area contributed by atoms with Gasteiger partial charge in [-0.3, -0.25) is 4.99 Å². The van der Waals surface area contributed by atoms with Gasteiger partial charge in [0.2, 0.25) is 0 Å². The van der Waals surface area contributed by atoms with Crippen LogP contribution in [0.15, 0.2) is 29.5 Å². The van der Waals surface area contributed by atoms with Crippen LogP contribution in [0.5, 0.6) is 11.5 Å². The quantitative estimate of drug-likeness (QED) is 0.229. The summed E-state index contributed by atoms with van der Waals surface area (Å²) in [6.45, 7) is 15.0. The summed E-state index contributed by atoms with van der Waals surface area (Å²) in [7, 11) is 0. The van der Waals surface area contributed by atoms with Crippen molar-refractivity contribution in [2.75, 3.05) is 19.8 Å². The zero-order valence-corrected chi connectivity index (χ0v) is 22.6. The Morgan fingerprint density at radius 2 is 1.78 bits per heavy atom. The van der Waals surface area contributed by atoms with Crippen molar-refractivity contribution in [1.82, 2.24) is 25.4 Å². The Hall–Kier alpha value is -2.04. The van der Waals surface area contributed by atoms with E-state index in [4.69, 9.17) is 14.5 Å². The molecule has 0 aliphatic heterocycles. The smallest absolute Gasteiger partial charge is 0.192 e. The minimum atomic E-state index is 0. The van der Waals surface area contributed by atoms with Crippen LogP contribution in [0.25, 0.3) is 0 Å². The van der Waals surface area contributed by atoms with E-state index in [1.165, 1.54) is 0 Å². The Labute approximate surface area is 209 Å². The van der Waals surface area contributed by atoms with Gasteiger partial charge in [-0.1, -0.05) is 19.9 Å². The van der Waals surface area contributed by atoms with Crippen LogP contribution < -0.4 is 20.1 Å². The summed E-state index contributed by atoms with van der Waals surface area (Å²) in [6.07, 6.45) is 3.64. The lowest BCUT2D eigenvalue weighted by Gasteiger charge is -2.22. The highest BCUT2D eigenvalue weighted by molar-refractivity contribution is 14.0. The largest absolute Gasteiger partial charge is 0.490 e. The van der Waals surface area contributed by atoms with Gasteiger partial charge in [-0.15, -0.1) is 34.2 Å². The number of rotatable bonds is 12. The second-order valence-electron chi connectivity index (χ2n) is 7.42. The summed E-state index contributed by atoms with van der Waals surface area (Å²) in [5, 5.41) is 15.2. The highest BCUT2D eigenvalue weighted by Gasteiger charge is 2.14. The van der Waals surface area contributed by atoms with Gasteiger partial charge < -0.3 is 24.7 Å². The first kappa shape index (κ1) is 28.0. The molecule has 1 heterocycles. The Balaban J connectivity index is 0.00000512. The zero-order valence-electron chi connectivity index (χ0n) is 20.2. The monoisotopic (exact) mass is 558 g/mol. The molecule has 32 heavy (non-hydrogen) atoms. The molecule has 2 unspecified atom stereocenters. The van der Waals surface area contributed by atoms with Crippen molar-refractivity contribution in [1.29, 1.82) is 0 Å². The summed E-state index contributed by atoms with van der Waals surface area (Å²) in [5.74, 6) is 3.31. The fourth-order valence-corrected chi connectivity index (χ4v) is 3.10. The third-order valence-corrected chi connectivity index (χ3v) is 5.04. The first-order valence-electron chi connectivity index (χ1n) is 11.4. The van der Waals surface area contributed by atoms with Crippen molar-refractivity contribution in [3.63, 3.8) is 0 Å². The van der Waals surface area contributed by atoms with Crippen molar-refractivity contribution < 1.29 is 9.47 Å². The number of guanidine groups is 1. The topological polar surface area (TPSA) is 85.6 Å². The van der Waals surface area contributed by atoms with Gasteiger partial charge in [0, 0.05) is 19.0 Å². The van der Waals surface area contributed by atoms with Crippen LogP contribution in [0.3, 0.4) is 0 Å². The molecule has 2 atom stereocenters. The molecule has 180 valence electrons. The molecule has 1 aromatic carbocycles. The fourth-order valence-electron chi connectivity index (χ4n) is 3.10. The molecule has 0 saturated heterocycles. The summed E-state index contributed by atoms with van der Waals surface area (Å²) in [5.41, 5.74) is 1.11. The van der Waals surface area contributed by atoms with E-state index in [1.54, 1.807) is 6.33 Å². The van der Waals surface area contributed by atoms with E-state index < -0.39 is 0 Å². The Morgan fingerprint density at radius 3 is 2.44 bits per heavy atom. The van der Waals surface area contributed by atoms with Gasteiger partial charge in [0.05, 0.1) is 25.8 Å². The van der Waals surface area contributed by atoms with Gasteiger partial charge in [-0.05, 0) is 51.8 Å². The minimum Gasteiger partial charge on any atom is -0.490 e. The molecule has 8 nitrogen and oxygen atoms in total. The van der Waals surface area contributed by atoms with Crippen LogP contribution in [-0.2, 0) is 13.0 Å². The van der Waals surface area contributed by atoms with E-state index in [0.29, 0.717) is 25.8 Å². The number of hydrogen-bond acceptors (Lipinski definition) is 5. The minimum absolute atomic E-state index is 0. The highest BCUT2D eigenvalue weighted by Crippen LogP contribution is 2.30. The normalized spacial score (nSPS) is 13.1. The molecule has 2 N–H and O–H groups in total. The Bertz CT molecular complexity index is 827. The van der Waals surface area contributed by atoms with Crippen molar-refractivity contribution in [2.45, 2.75) is 73.0 Å². The van der Waals surface area contributed by atoms with Crippen molar-refractivity contribution in [2.24, 2.45) is 4.99 Å². The molecule has 0 radical (unpaired) electrons. The molecule has 0 fully saturated rings. The SMILES string of the molecule is CCOc1ccc(C(C)NC(=NCCn2cnnc2CC)NC(C)CC)cc1OCC.I. The van der Waals surface area contributed by atoms with E-state index in [9.17, 15) is 0 Å². The second-order valence-corrected chi connectivity index (χ2v) is 7.42. The molecule has 0 aliphatic carbocycles. The summed E-state index contributed by atoms with van der Waals surface area (Å²) < 4.78 is 13.5. The highest BCUT2D eigenvalue weighted by atomic mass is 127. The van der Waals surface area contributed by atoms with Crippen molar-refractivity contribution in [3.05, 3.63) is 35.9 Å². The Kier molecular flexibility index (Phi) is 13.0. The molecule has 0 spiro atoms. The molecule has 9 heteroatoms. The first-order valence-corrected chi connectivity index (χ1v) is 11.4. The maximum absolute atomic E-state index is 5.78. The maximum Gasteiger partial charge on any atom is 0.192 e. The molecule has 0 bridgehead atoms. The lowest BCUT2D eigenvalue weighted by atomic mass is 10.1. The number of aliphatic imine (C=N–C) groups is 1. The van der Waals surface area contributed by atoms with Gasteiger partial charge >= 0.3 is 0 Å². The summed E-state index contributed by atoms with van der Waals surface area (Å²) in [4.78, 5) is 4.80. The number of halogens is 1. The summed E-state index contributed by atoms with van der Waals surface area (Å²) >= 11 is 0. The number of ether oxygens (including phenoxy) is 2. The van der Waals surface area contributed by atoms with Crippen LogP contribution in [0.1, 0.15) is 65.4 Å². The van der Waals surface area contributed by atoms with Crippen LogP contribution in [0.4, 0.5) is 0 Å². The molecular weight excluding hydrogens is 519 g/mol. The Morgan fingerprint density at radius 1 is 1.06 bits per heavy atom. The molecule has 2 aromatic rings. The van der Waals surface area contributed by atoms with Gasteiger partial charge in [0.25, 0.3) is 0 Å². The third-order valence-electron chi connectivity index (χ3n) is 5.04. The number of benzene rings is 1. The second kappa shape index (κ2) is 14.9. The van der Waals surface area contributed by atoms with Gasteiger partial charge in [0.1, 0.15) is 12.2 Å². The number of nitrogens with zero attached hydrogens (tertiary/aromatic N) is 4. The number of aromatic nitrogens is 3. The maximum atomic E-state index is 5.78. The van der Waals surface area contributed by atoms with Gasteiger partial charge in [-0.2, -0.15) is 0 Å². The fraction of sp³-hybridized carbons (Fsp3) is 0.609.